The van der Waals surface area contributed by atoms with Gasteiger partial charge in [0, 0.05) is 4.88 Å². The molecule has 9 heteroatoms. The number of anilines is 1. The lowest BCUT2D eigenvalue weighted by atomic mass is 10.1. The predicted octanol–water partition coefficient (Wildman–Crippen LogP) is 3.41. The Morgan fingerprint density at radius 2 is 2.22 bits per heavy atom. The summed E-state index contributed by atoms with van der Waals surface area (Å²) >= 11 is 2.86. The summed E-state index contributed by atoms with van der Waals surface area (Å²) in [5, 5.41) is 18.8. The fourth-order valence-electron chi connectivity index (χ4n) is 3.16. The Bertz CT molecular complexity index is 1070. The van der Waals surface area contributed by atoms with Crippen LogP contribution in [-0.4, -0.2) is 15.7 Å². The van der Waals surface area contributed by atoms with Gasteiger partial charge in [-0.3, -0.25) is 4.79 Å². The summed E-state index contributed by atoms with van der Waals surface area (Å²) in [6.07, 6.45) is 5.14. The summed E-state index contributed by atoms with van der Waals surface area (Å²) in [5.74, 6) is -0.893. The molecule has 3 aromatic rings. The van der Waals surface area contributed by atoms with Gasteiger partial charge < -0.3 is 9.73 Å². The lowest BCUT2D eigenvalue weighted by Gasteiger charge is -2.03. The van der Waals surface area contributed by atoms with Crippen LogP contribution in [0.1, 0.15) is 35.3 Å². The summed E-state index contributed by atoms with van der Waals surface area (Å²) in [7, 11) is 0. The Kier molecular flexibility index (Phi) is 4.92. The number of aryl methyl sites for hydroxylation is 1. The summed E-state index contributed by atoms with van der Waals surface area (Å²) in [6.45, 7) is -0.263. The second-order valence-electron chi connectivity index (χ2n) is 6.24. The molecular formula is C18H16N4O3S2. The van der Waals surface area contributed by atoms with E-state index in [1.165, 1.54) is 27.6 Å². The van der Waals surface area contributed by atoms with Gasteiger partial charge in [0.05, 0.1) is 10.4 Å². The largest absolute Gasteiger partial charge is 0.437 e. The normalized spacial score (nSPS) is 13.6. The van der Waals surface area contributed by atoms with Crippen LogP contribution in [0.2, 0.25) is 0 Å². The first kappa shape index (κ1) is 17.7. The standard InChI is InChI=1S/C18H16N4O3S2/c19-9-12-11-5-2-1-3-6-13(11)27-17(12)20-15(23)10-22-18(24)25-16(21-22)14-7-4-8-26-14/h4,7-8H,1-3,5-6,10H2,(H,20,23). The molecule has 0 unspecified atom stereocenters. The van der Waals surface area contributed by atoms with Gasteiger partial charge in [0.2, 0.25) is 5.91 Å². The van der Waals surface area contributed by atoms with E-state index in [9.17, 15) is 14.9 Å². The predicted molar refractivity (Wildman–Crippen MR) is 103 cm³/mol. The van der Waals surface area contributed by atoms with Crippen LogP contribution in [0.5, 0.6) is 0 Å². The van der Waals surface area contributed by atoms with Crippen molar-refractivity contribution in [1.29, 1.82) is 5.26 Å². The fraction of sp³-hybridized carbons (Fsp3) is 0.333. The quantitative estimate of drug-likeness (QED) is 0.677. The maximum absolute atomic E-state index is 12.4. The number of hydrogen-bond donors (Lipinski definition) is 1. The van der Waals surface area contributed by atoms with Gasteiger partial charge in [0.25, 0.3) is 5.89 Å². The van der Waals surface area contributed by atoms with E-state index in [4.69, 9.17) is 4.42 Å². The molecule has 1 aliphatic carbocycles. The third-order valence-electron chi connectivity index (χ3n) is 4.42. The smallest absolute Gasteiger partial charge is 0.387 e. The molecule has 0 saturated carbocycles. The van der Waals surface area contributed by atoms with Gasteiger partial charge >= 0.3 is 5.76 Å². The van der Waals surface area contributed by atoms with E-state index in [0.717, 1.165) is 47.2 Å². The topological polar surface area (TPSA) is 101 Å². The average Bonchev–Trinajstić information content (AvgIpc) is 3.32. The fourth-order valence-corrected chi connectivity index (χ4v) is 5.06. The minimum Gasteiger partial charge on any atom is -0.387 e. The van der Waals surface area contributed by atoms with Gasteiger partial charge in [-0.05, 0) is 42.7 Å². The monoisotopic (exact) mass is 400 g/mol. The van der Waals surface area contributed by atoms with Crippen LogP contribution in [0.3, 0.4) is 0 Å². The molecule has 3 heterocycles. The zero-order valence-corrected chi connectivity index (χ0v) is 16.0. The van der Waals surface area contributed by atoms with Crippen LogP contribution >= 0.6 is 22.7 Å². The number of amides is 1. The number of carbonyl (C=O) groups excluding carboxylic acids is 1. The lowest BCUT2D eigenvalue weighted by Crippen LogP contribution is -2.25. The molecule has 138 valence electrons. The first-order chi connectivity index (χ1) is 13.2. The molecule has 0 bridgehead atoms. The van der Waals surface area contributed by atoms with E-state index in [1.54, 1.807) is 6.07 Å². The Labute approximate surface area is 162 Å². The summed E-state index contributed by atoms with van der Waals surface area (Å²) < 4.78 is 6.11. The number of hydrogen-bond acceptors (Lipinski definition) is 7. The van der Waals surface area contributed by atoms with Gasteiger partial charge in [-0.1, -0.05) is 12.5 Å². The van der Waals surface area contributed by atoms with Crippen molar-refractivity contribution < 1.29 is 9.21 Å². The summed E-state index contributed by atoms with van der Waals surface area (Å²) in [4.78, 5) is 26.3. The molecule has 1 amide bonds. The van der Waals surface area contributed by atoms with Gasteiger partial charge in [0.15, 0.2) is 0 Å². The molecule has 0 atom stereocenters. The molecular weight excluding hydrogens is 384 g/mol. The Hall–Kier alpha value is -2.70. The molecule has 0 aliphatic heterocycles. The first-order valence-electron chi connectivity index (χ1n) is 8.62. The number of aromatic nitrogens is 2. The van der Waals surface area contributed by atoms with Crippen molar-refractivity contribution in [2.75, 3.05) is 5.32 Å². The second kappa shape index (κ2) is 7.50. The van der Waals surface area contributed by atoms with Crippen LogP contribution in [0.4, 0.5) is 5.00 Å². The van der Waals surface area contributed by atoms with E-state index in [0.29, 0.717) is 10.6 Å². The van der Waals surface area contributed by atoms with Crippen LogP contribution in [0.25, 0.3) is 10.8 Å². The van der Waals surface area contributed by atoms with Crippen molar-refractivity contribution in [1.82, 2.24) is 9.78 Å². The van der Waals surface area contributed by atoms with Crippen molar-refractivity contribution in [2.24, 2.45) is 0 Å². The van der Waals surface area contributed by atoms with Crippen LogP contribution in [-0.2, 0) is 24.2 Å². The lowest BCUT2D eigenvalue weighted by molar-refractivity contribution is -0.117. The molecule has 0 saturated heterocycles. The SMILES string of the molecule is N#Cc1c(NC(=O)Cn2nc(-c3cccs3)oc2=O)sc2c1CCCCC2. The Morgan fingerprint density at radius 3 is 3.00 bits per heavy atom. The number of thiophene rings is 2. The van der Waals surface area contributed by atoms with Gasteiger partial charge in [-0.25, -0.2) is 4.79 Å². The maximum Gasteiger partial charge on any atom is 0.437 e. The van der Waals surface area contributed by atoms with E-state index in [1.807, 2.05) is 11.4 Å². The molecule has 27 heavy (non-hydrogen) atoms. The maximum atomic E-state index is 12.4. The highest BCUT2D eigenvalue weighted by Gasteiger charge is 2.22. The number of nitrogens with one attached hydrogen (secondary N) is 1. The molecule has 1 N–H and O–H groups in total. The van der Waals surface area contributed by atoms with Crippen LogP contribution < -0.4 is 11.1 Å². The summed E-state index contributed by atoms with van der Waals surface area (Å²) in [6, 6.07) is 5.85. The minimum atomic E-state index is -0.684. The zero-order chi connectivity index (χ0) is 18.8. The molecule has 0 spiro atoms. The van der Waals surface area contributed by atoms with Crippen molar-refractivity contribution >= 4 is 33.6 Å². The van der Waals surface area contributed by atoms with E-state index < -0.39 is 11.7 Å². The van der Waals surface area contributed by atoms with Crippen LogP contribution in [0.15, 0.2) is 26.7 Å². The first-order valence-corrected chi connectivity index (χ1v) is 10.3. The molecule has 3 aromatic heterocycles. The minimum absolute atomic E-state index is 0.198. The summed E-state index contributed by atoms with van der Waals surface area (Å²) in [5.41, 5.74) is 1.62. The van der Waals surface area contributed by atoms with Gasteiger partial charge in [-0.2, -0.15) is 9.94 Å². The number of nitrogens with zero attached hydrogens (tertiary/aromatic N) is 3. The van der Waals surface area contributed by atoms with Gasteiger partial charge in [0.1, 0.15) is 17.6 Å². The third-order valence-corrected chi connectivity index (χ3v) is 6.48. The number of nitriles is 1. The number of rotatable bonds is 4. The molecule has 0 radical (unpaired) electrons. The third kappa shape index (κ3) is 3.59. The average molecular weight is 400 g/mol. The highest BCUT2D eigenvalue weighted by atomic mass is 32.1. The molecule has 4 rings (SSSR count). The van der Waals surface area contributed by atoms with Crippen molar-refractivity contribution in [3.05, 3.63) is 44.1 Å². The molecule has 1 aliphatic rings. The Morgan fingerprint density at radius 1 is 1.37 bits per heavy atom. The van der Waals surface area contributed by atoms with Crippen molar-refractivity contribution in [3.63, 3.8) is 0 Å². The van der Waals surface area contributed by atoms with E-state index >= 15 is 0 Å². The second-order valence-corrected chi connectivity index (χ2v) is 8.29. The highest BCUT2D eigenvalue weighted by Crippen LogP contribution is 2.36. The van der Waals surface area contributed by atoms with Crippen molar-refractivity contribution in [2.45, 2.75) is 38.6 Å². The highest BCUT2D eigenvalue weighted by molar-refractivity contribution is 7.16. The van der Waals surface area contributed by atoms with Gasteiger partial charge in [-0.15, -0.1) is 27.8 Å². The van der Waals surface area contributed by atoms with Crippen molar-refractivity contribution in [3.8, 4) is 16.8 Å². The van der Waals surface area contributed by atoms with Crippen LogP contribution in [0, 0.1) is 11.3 Å². The van der Waals surface area contributed by atoms with E-state index in [2.05, 4.69) is 16.5 Å². The van der Waals surface area contributed by atoms with E-state index in [-0.39, 0.29) is 12.4 Å². The molecule has 0 fully saturated rings. The molecule has 7 nitrogen and oxygen atoms in total. The zero-order valence-electron chi connectivity index (χ0n) is 14.4. The Balaban J connectivity index is 1.52. The number of fused-ring (bicyclic) bond motifs is 1. The molecule has 0 aromatic carbocycles. The number of carbonyl (C=O) groups is 1.